The van der Waals surface area contributed by atoms with Gasteiger partial charge in [0.1, 0.15) is 6.33 Å². The number of nitrogens with zero attached hydrogens (tertiary/aromatic N) is 3. The van der Waals surface area contributed by atoms with E-state index >= 15 is 0 Å². The fourth-order valence-electron chi connectivity index (χ4n) is 1.26. The molecule has 0 unspecified atom stereocenters. The number of carbonyl (C=O) groups excluding carboxylic acids is 1. The van der Waals surface area contributed by atoms with E-state index in [-0.39, 0.29) is 0 Å². The Balaban J connectivity index is 2.29. The maximum absolute atomic E-state index is 11.0. The molecule has 7 heteroatoms. The minimum absolute atomic E-state index is 0.393. The summed E-state index contributed by atoms with van der Waals surface area (Å²) in [7, 11) is 1.84. The Hall–Kier alpha value is -2.02. The van der Waals surface area contributed by atoms with E-state index in [1.54, 1.807) is 29.1 Å². The van der Waals surface area contributed by atoms with Crippen molar-refractivity contribution in [2.24, 2.45) is 12.8 Å². The van der Waals surface area contributed by atoms with E-state index in [1.165, 1.54) is 11.8 Å². The molecule has 0 aliphatic carbocycles. The lowest BCUT2D eigenvalue weighted by Crippen LogP contribution is -2.11. The molecule has 1 aromatic heterocycles. The number of amides is 1. The molecule has 0 aliphatic rings. The molecule has 4 N–H and O–H groups in total. The second-order valence-corrected chi connectivity index (χ2v) is 4.45. The van der Waals surface area contributed by atoms with Gasteiger partial charge in [-0.25, -0.2) is 0 Å². The van der Waals surface area contributed by atoms with Gasteiger partial charge in [0, 0.05) is 23.2 Å². The Bertz CT molecular complexity index is 566. The molecule has 88 valence electrons. The van der Waals surface area contributed by atoms with Crippen LogP contribution in [0.5, 0.6) is 0 Å². The summed E-state index contributed by atoms with van der Waals surface area (Å²) in [6, 6.07) is 4.94. The monoisotopic (exact) mass is 249 g/mol. The van der Waals surface area contributed by atoms with Crippen LogP contribution < -0.4 is 11.5 Å². The van der Waals surface area contributed by atoms with E-state index in [2.05, 4.69) is 10.2 Å². The van der Waals surface area contributed by atoms with E-state index in [0.717, 1.165) is 10.1 Å². The van der Waals surface area contributed by atoms with Crippen LogP contribution in [0.1, 0.15) is 10.4 Å². The molecule has 0 saturated carbocycles. The summed E-state index contributed by atoms with van der Waals surface area (Å²) in [4.78, 5) is 11.8. The number of nitrogen functional groups attached to an aromatic ring is 1. The largest absolute Gasteiger partial charge is 0.398 e. The lowest BCUT2D eigenvalue weighted by Gasteiger charge is -2.05. The summed E-state index contributed by atoms with van der Waals surface area (Å²) >= 11 is 1.38. The van der Waals surface area contributed by atoms with Crippen LogP contribution in [0.15, 0.2) is 34.6 Å². The van der Waals surface area contributed by atoms with Crippen molar-refractivity contribution in [3.63, 3.8) is 0 Å². The summed E-state index contributed by atoms with van der Waals surface area (Å²) < 4.78 is 1.78. The first-order chi connectivity index (χ1) is 8.08. The molecule has 1 amide bonds. The van der Waals surface area contributed by atoms with Crippen LogP contribution in [0, 0.1) is 0 Å². The van der Waals surface area contributed by atoms with Crippen LogP contribution >= 0.6 is 11.8 Å². The molecule has 0 bridgehead atoms. The maximum atomic E-state index is 11.0. The summed E-state index contributed by atoms with van der Waals surface area (Å²) in [6.07, 6.45) is 1.61. The molecule has 6 nitrogen and oxygen atoms in total. The first kappa shape index (κ1) is 11.5. The van der Waals surface area contributed by atoms with Gasteiger partial charge in [-0.3, -0.25) is 4.79 Å². The molecule has 0 atom stereocenters. The molecule has 17 heavy (non-hydrogen) atoms. The zero-order chi connectivity index (χ0) is 12.4. The van der Waals surface area contributed by atoms with Gasteiger partial charge in [0.05, 0.1) is 0 Å². The second-order valence-electron chi connectivity index (χ2n) is 3.44. The van der Waals surface area contributed by atoms with Crippen molar-refractivity contribution in [3.8, 4) is 0 Å². The third-order valence-electron chi connectivity index (χ3n) is 2.17. The van der Waals surface area contributed by atoms with E-state index < -0.39 is 5.91 Å². The standard InChI is InChI=1S/C10H11N5OS/c1-15-5-13-14-10(15)17-8-3-2-6(9(12)16)4-7(8)11/h2-5H,11H2,1H3,(H2,12,16). The fourth-order valence-corrected chi connectivity index (χ4v) is 2.05. The molecule has 1 aromatic carbocycles. The number of aryl methyl sites for hydroxylation is 1. The Morgan fingerprint density at radius 3 is 2.76 bits per heavy atom. The highest BCUT2D eigenvalue weighted by Crippen LogP contribution is 2.30. The van der Waals surface area contributed by atoms with E-state index in [0.29, 0.717) is 11.3 Å². The van der Waals surface area contributed by atoms with Crippen molar-refractivity contribution in [2.45, 2.75) is 10.1 Å². The number of benzene rings is 1. The predicted molar refractivity (Wildman–Crippen MR) is 64.5 cm³/mol. The van der Waals surface area contributed by atoms with Gasteiger partial charge in [-0.2, -0.15) is 0 Å². The van der Waals surface area contributed by atoms with Gasteiger partial charge >= 0.3 is 0 Å². The lowest BCUT2D eigenvalue weighted by atomic mass is 10.2. The highest BCUT2D eigenvalue weighted by molar-refractivity contribution is 7.99. The molecular weight excluding hydrogens is 238 g/mol. The van der Waals surface area contributed by atoms with Crippen LogP contribution in [-0.4, -0.2) is 20.7 Å². The van der Waals surface area contributed by atoms with Crippen molar-refractivity contribution < 1.29 is 4.79 Å². The van der Waals surface area contributed by atoms with E-state index in [4.69, 9.17) is 11.5 Å². The highest BCUT2D eigenvalue weighted by atomic mass is 32.2. The molecule has 0 saturated heterocycles. The van der Waals surface area contributed by atoms with Crippen molar-refractivity contribution in [1.29, 1.82) is 0 Å². The van der Waals surface area contributed by atoms with Gasteiger partial charge in [-0.05, 0) is 30.0 Å². The van der Waals surface area contributed by atoms with E-state index in [9.17, 15) is 4.79 Å². The van der Waals surface area contributed by atoms with Gasteiger partial charge < -0.3 is 16.0 Å². The molecule has 1 heterocycles. The van der Waals surface area contributed by atoms with Gasteiger partial charge in [-0.1, -0.05) is 0 Å². The van der Waals surface area contributed by atoms with Crippen LogP contribution in [0.4, 0.5) is 5.69 Å². The third-order valence-corrected chi connectivity index (χ3v) is 3.31. The summed E-state index contributed by atoms with van der Waals surface area (Å²) in [5.74, 6) is -0.494. The van der Waals surface area contributed by atoms with Gasteiger partial charge in [-0.15, -0.1) is 10.2 Å². The number of primary amides is 1. The Labute approximate surface area is 102 Å². The van der Waals surface area contributed by atoms with Gasteiger partial charge in [0.2, 0.25) is 5.91 Å². The molecule has 0 radical (unpaired) electrons. The molecule has 0 spiro atoms. The molecule has 0 aliphatic heterocycles. The van der Waals surface area contributed by atoms with Crippen molar-refractivity contribution in [2.75, 3.05) is 5.73 Å². The maximum Gasteiger partial charge on any atom is 0.248 e. The number of nitrogens with two attached hydrogens (primary N) is 2. The number of anilines is 1. The number of aromatic nitrogens is 3. The van der Waals surface area contributed by atoms with Crippen LogP contribution in [0.2, 0.25) is 0 Å². The first-order valence-electron chi connectivity index (χ1n) is 4.79. The minimum atomic E-state index is -0.494. The van der Waals surface area contributed by atoms with Gasteiger partial charge in [0.15, 0.2) is 5.16 Å². The average Bonchev–Trinajstić information content (AvgIpc) is 2.67. The Morgan fingerprint density at radius 1 is 1.47 bits per heavy atom. The zero-order valence-corrected chi connectivity index (χ0v) is 9.94. The van der Waals surface area contributed by atoms with E-state index in [1.807, 2.05) is 7.05 Å². The third kappa shape index (κ3) is 2.39. The molecule has 0 fully saturated rings. The van der Waals surface area contributed by atoms with Crippen LogP contribution in [-0.2, 0) is 7.05 Å². The normalized spacial score (nSPS) is 10.4. The van der Waals surface area contributed by atoms with Crippen molar-refractivity contribution in [3.05, 3.63) is 30.1 Å². The van der Waals surface area contributed by atoms with Crippen molar-refractivity contribution >= 4 is 23.4 Å². The smallest absolute Gasteiger partial charge is 0.248 e. The fraction of sp³-hybridized carbons (Fsp3) is 0.100. The van der Waals surface area contributed by atoms with Gasteiger partial charge in [0.25, 0.3) is 0 Å². The minimum Gasteiger partial charge on any atom is -0.398 e. The Morgan fingerprint density at radius 2 is 2.24 bits per heavy atom. The Kier molecular flexibility index (Phi) is 3.01. The number of hydrogen-bond acceptors (Lipinski definition) is 5. The zero-order valence-electron chi connectivity index (χ0n) is 9.12. The summed E-state index contributed by atoms with van der Waals surface area (Å²) in [5, 5.41) is 8.43. The van der Waals surface area contributed by atoms with Crippen LogP contribution in [0.25, 0.3) is 0 Å². The first-order valence-corrected chi connectivity index (χ1v) is 5.61. The number of rotatable bonds is 3. The quantitative estimate of drug-likeness (QED) is 0.778. The second kappa shape index (κ2) is 4.46. The van der Waals surface area contributed by atoms with Crippen LogP contribution in [0.3, 0.4) is 0 Å². The lowest BCUT2D eigenvalue weighted by molar-refractivity contribution is 0.100. The SMILES string of the molecule is Cn1cnnc1Sc1ccc(C(N)=O)cc1N. The van der Waals surface area contributed by atoms with Crippen molar-refractivity contribution in [1.82, 2.24) is 14.8 Å². The highest BCUT2D eigenvalue weighted by Gasteiger charge is 2.09. The summed E-state index contributed by atoms with van der Waals surface area (Å²) in [5.41, 5.74) is 11.9. The predicted octanol–water partition coefficient (Wildman–Crippen LogP) is 0.647. The molecular formula is C10H11N5OS. The topological polar surface area (TPSA) is 99.8 Å². The average molecular weight is 249 g/mol. The summed E-state index contributed by atoms with van der Waals surface area (Å²) in [6.45, 7) is 0. The molecule has 2 rings (SSSR count). The number of hydrogen-bond donors (Lipinski definition) is 2. The molecule has 2 aromatic rings. The number of carbonyl (C=O) groups is 1.